The van der Waals surface area contributed by atoms with Crippen LogP contribution in [0.1, 0.15) is 20.8 Å². The van der Waals surface area contributed by atoms with Crippen molar-refractivity contribution in [1.82, 2.24) is 0 Å². The summed E-state index contributed by atoms with van der Waals surface area (Å²) in [6.45, 7) is 6.27. The number of hydrogen-bond donors (Lipinski definition) is 0. The van der Waals surface area contributed by atoms with Crippen LogP contribution in [0.4, 0.5) is 0 Å². The molecule has 0 saturated heterocycles. The zero-order valence-corrected chi connectivity index (χ0v) is 15.3. The standard InChI is InChI=1S/C5H9PS.2C5H5.Zr/c1-5(2,3)4-6-7;2*1-2-4-5-3-1;/h1-3H3;2*1-5H;/q-2;-5;-1;. The van der Waals surface area contributed by atoms with Crippen LogP contribution in [0.2, 0.25) is 0 Å². The van der Waals surface area contributed by atoms with Crippen molar-refractivity contribution in [3.8, 4) is 0 Å². The predicted molar refractivity (Wildman–Crippen MR) is 82.8 cm³/mol. The van der Waals surface area contributed by atoms with Gasteiger partial charge >= 0.3 is 0 Å². The molecule has 0 aliphatic rings. The molecule has 2 aromatic rings. The maximum atomic E-state index is 4.66. The molecule has 0 bridgehead atoms. The smallest absolute Gasteiger partial charge is 0 e. The van der Waals surface area contributed by atoms with E-state index in [9.17, 15) is 0 Å². The molecule has 0 atom stereocenters. The van der Waals surface area contributed by atoms with Gasteiger partial charge in [0.25, 0.3) is 0 Å². The van der Waals surface area contributed by atoms with Crippen LogP contribution in [0.15, 0.2) is 60.7 Å². The average Bonchev–Trinajstić information content (AvgIpc) is 2.96. The summed E-state index contributed by atoms with van der Waals surface area (Å²) in [5.41, 5.74) is 0.184. The molecule has 0 radical (unpaired) electrons. The van der Waals surface area contributed by atoms with Crippen molar-refractivity contribution in [2.45, 2.75) is 20.8 Å². The quantitative estimate of drug-likeness (QED) is 0.368. The van der Waals surface area contributed by atoms with Crippen LogP contribution >= 0.6 is 7.41 Å². The molecule has 0 aromatic heterocycles. The van der Waals surface area contributed by atoms with E-state index in [-0.39, 0.29) is 31.6 Å². The fraction of sp³-hybridized carbons (Fsp3) is 0.267. The summed E-state index contributed by atoms with van der Waals surface area (Å²) in [7, 11) is 0.842. The molecule has 0 fully saturated rings. The summed E-state index contributed by atoms with van der Waals surface area (Å²) in [6, 6.07) is 20.0. The van der Waals surface area contributed by atoms with Gasteiger partial charge < -0.3 is 55.8 Å². The molecule has 0 heterocycles. The zero-order chi connectivity index (χ0) is 13.0. The van der Waals surface area contributed by atoms with Crippen LogP contribution in [-0.2, 0) is 38.5 Å². The van der Waals surface area contributed by atoms with E-state index in [4.69, 9.17) is 0 Å². The molecule has 2 rings (SSSR count). The number of hydrogen-bond acceptors (Lipinski definition) is 1. The predicted octanol–water partition coefficient (Wildman–Crippen LogP) is 4.93. The first-order valence-corrected chi connectivity index (χ1v) is 7.40. The van der Waals surface area contributed by atoms with E-state index in [0.29, 0.717) is 0 Å². The van der Waals surface area contributed by atoms with Crippen LogP contribution < -0.4 is 0 Å². The maximum absolute atomic E-state index is 4.66. The molecule has 102 valence electrons. The zero-order valence-electron chi connectivity index (χ0n) is 11.1. The third-order valence-corrected chi connectivity index (χ3v) is 2.53. The second kappa shape index (κ2) is 13.5. The Bertz CT molecular complexity index is 284. The van der Waals surface area contributed by atoms with Gasteiger partial charge in [-0.25, -0.2) is 12.1 Å². The van der Waals surface area contributed by atoms with E-state index in [0.717, 1.165) is 7.41 Å². The van der Waals surface area contributed by atoms with Gasteiger partial charge in [-0.05, 0) is 0 Å². The van der Waals surface area contributed by atoms with Crippen LogP contribution in [-0.4, -0.2) is 5.80 Å². The number of rotatable bonds is 0. The van der Waals surface area contributed by atoms with Gasteiger partial charge in [0.15, 0.2) is 0 Å². The van der Waals surface area contributed by atoms with Gasteiger partial charge in [0.05, 0.1) is 0 Å². The molecule has 0 unspecified atom stereocenters. The van der Waals surface area contributed by atoms with Crippen molar-refractivity contribution in [3.63, 3.8) is 0 Å². The van der Waals surface area contributed by atoms with E-state index in [2.05, 4.69) is 38.8 Å². The largest absolute Gasteiger partial charge is 0.767 e. The molecule has 0 aliphatic carbocycles. The third kappa shape index (κ3) is 18.5. The Labute approximate surface area is 138 Å². The van der Waals surface area contributed by atoms with Gasteiger partial charge in [-0.2, -0.15) is 23.6 Å². The van der Waals surface area contributed by atoms with E-state index in [1.807, 2.05) is 60.7 Å². The molecule has 0 aliphatic heterocycles. The monoisotopic (exact) mass is 352 g/mol. The molecular formula is C15H19PSZr-8. The third-order valence-electron chi connectivity index (χ3n) is 1.49. The van der Waals surface area contributed by atoms with E-state index in [1.54, 1.807) is 0 Å². The molecule has 0 saturated carbocycles. The van der Waals surface area contributed by atoms with Crippen molar-refractivity contribution in [3.05, 3.63) is 60.7 Å². The normalized spacial score (nSPS) is 9.56. The Balaban J connectivity index is 0. The van der Waals surface area contributed by atoms with E-state index in [1.165, 1.54) is 0 Å². The summed E-state index contributed by atoms with van der Waals surface area (Å²) in [5, 5.41) is 0. The minimum Gasteiger partial charge on any atom is -0.767 e. The Morgan fingerprint density at radius 2 is 1.33 bits per heavy atom. The van der Waals surface area contributed by atoms with Gasteiger partial charge in [0.1, 0.15) is 0 Å². The Morgan fingerprint density at radius 3 is 1.44 bits per heavy atom. The molecule has 2 aromatic carbocycles. The van der Waals surface area contributed by atoms with Gasteiger partial charge in [0.2, 0.25) is 0 Å². The Morgan fingerprint density at radius 1 is 0.944 bits per heavy atom. The summed E-state index contributed by atoms with van der Waals surface area (Å²) in [4.78, 5) is 0. The SMILES string of the molecule is CC(C)(C)[C-]=P[S-].[Zr].[cH-]1[cH-][cH-][cH-][cH-]1.c1cc[cH-]c1. The molecule has 3 heteroatoms. The van der Waals surface area contributed by atoms with Crippen molar-refractivity contribution in [1.29, 1.82) is 0 Å². The summed E-state index contributed by atoms with van der Waals surface area (Å²) < 4.78 is 0. The van der Waals surface area contributed by atoms with Crippen LogP contribution in [0.3, 0.4) is 0 Å². The van der Waals surface area contributed by atoms with Crippen molar-refractivity contribution in [2.24, 2.45) is 5.41 Å². The topological polar surface area (TPSA) is 0 Å². The first-order chi connectivity index (χ1) is 8.06. The van der Waals surface area contributed by atoms with Gasteiger partial charge in [-0.15, -0.1) is 0 Å². The van der Waals surface area contributed by atoms with Crippen LogP contribution in [0.5, 0.6) is 0 Å². The van der Waals surface area contributed by atoms with Gasteiger partial charge in [0, 0.05) is 26.2 Å². The van der Waals surface area contributed by atoms with Crippen molar-refractivity contribution in [2.75, 3.05) is 0 Å². The molecular weight excluding hydrogens is 334 g/mol. The molecule has 0 spiro atoms. The van der Waals surface area contributed by atoms with Crippen LogP contribution in [0, 0.1) is 5.41 Å². The first-order valence-electron chi connectivity index (χ1n) is 5.49. The summed E-state index contributed by atoms with van der Waals surface area (Å²) in [6.07, 6.45) is 0. The van der Waals surface area contributed by atoms with Crippen molar-refractivity contribution < 1.29 is 26.2 Å². The summed E-state index contributed by atoms with van der Waals surface area (Å²) in [5.74, 6) is 3.07. The van der Waals surface area contributed by atoms with Crippen LogP contribution in [0.25, 0.3) is 0 Å². The first kappa shape index (κ1) is 20.4. The van der Waals surface area contributed by atoms with E-state index < -0.39 is 0 Å². The van der Waals surface area contributed by atoms with Crippen molar-refractivity contribution >= 4 is 25.5 Å². The second-order valence-corrected chi connectivity index (χ2v) is 5.33. The fourth-order valence-corrected chi connectivity index (χ4v) is 1.87. The average molecular weight is 354 g/mol. The summed E-state index contributed by atoms with van der Waals surface area (Å²) >= 11 is 4.66. The fourth-order valence-electron chi connectivity index (χ4n) is 0.778. The Hall–Kier alpha value is 0.103. The minimum atomic E-state index is 0. The maximum Gasteiger partial charge on any atom is 0 e. The molecule has 0 N–H and O–H groups in total. The molecule has 18 heavy (non-hydrogen) atoms. The van der Waals surface area contributed by atoms with Gasteiger partial charge in [-0.1, -0.05) is 20.8 Å². The minimum absolute atomic E-state index is 0. The van der Waals surface area contributed by atoms with Gasteiger partial charge in [-0.3, -0.25) is 0 Å². The van der Waals surface area contributed by atoms with E-state index >= 15 is 0 Å². The molecule has 0 nitrogen and oxygen atoms in total. The second-order valence-electron chi connectivity index (χ2n) is 4.38. The Kier molecular flexibility index (Phi) is 15.4. The molecule has 0 amide bonds.